The lowest BCUT2D eigenvalue weighted by molar-refractivity contribution is 0.280. The van der Waals surface area contributed by atoms with Crippen LogP contribution in [0.4, 0.5) is 0 Å². The molecule has 0 saturated heterocycles. The molecule has 0 amide bonds. The lowest BCUT2D eigenvalue weighted by Gasteiger charge is -2.18. The van der Waals surface area contributed by atoms with E-state index in [-0.39, 0.29) is 0 Å². The molecule has 0 bridgehead atoms. The molecule has 0 saturated carbocycles. The maximum Gasteiger partial charge on any atom is 0.0635 e. The topological polar surface area (TPSA) is 27.0 Å². The molecule has 0 heterocycles. The number of nitrogens with zero attached hydrogens (tertiary/aromatic N) is 2. The van der Waals surface area contributed by atoms with Gasteiger partial charge in [0, 0.05) is 19.0 Å². The van der Waals surface area contributed by atoms with Crippen molar-refractivity contribution in [1.82, 2.24) is 4.90 Å². The fourth-order valence-corrected chi connectivity index (χ4v) is 0.485. The summed E-state index contributed by atoms with van der Waals surface area (Å²) < 4.78 is 0. The van der Waals surface area contributed by atoms with Gasteiger partial charge in [-0.15, -0.1) is 0 Å². The van der Waals surface area contributed by atoms with E-state index in [1.165, 1.54) is 0 Å². The average Bonchev–Trinajstić information content (AvgIpc) is 2.03. The summed E-state index contributed by atoms with van der Waals surface area (Å²) in [4.78, 5) is 2.16. The Labute approximate surface area is 70.8 Å². The molecule has 66 valence electrons. The minimum atomic E-state index is 0.554. The Morgan fingerprint density at radius 1 is 1.36 bits per heavy atom. The highest BCUT2D eigenvalue weighted by atomic mass is 15.1. The van der Waals surface area contributed by atoms with Gasteiger partial charge in [-0.2, -0.15) is 5.26 Å². The average molecular weight is 156 g/mol. The molecular formula is C9H20N2. The van der Waals surface area contributed by atoms with Crippen molar-refractivity contribution in [3.05, 3.63) is 0 Å². The molecule has 2 heteroatoms. The maximum absolute atomic E-state index is 8.22. The van der Waals surface area contributed by atoms with Crippen molar-refractivity contribution in [3.8, 4) is 6.07 Å². The molecule has 0 atom stereocenters. The van der Waals surface area contributed by atoms with Crippen LogP contribution in [-0.4, -0.2) is 24.5 Å². The van der Waals surface area contributed by atoms with E-state index in [1.807, 2.05) is 20.9 Å². The molecule has 0 N–H and O–H groups in total. The molecule has 11 heavy (non-hydrogen) atoms. The van der Waals surface area contributed by atoms with Gasteiger partial charge in [0.05, 0.1) is 6.07 Å². The van der Waals surface area contributed by atoms with E-state index in [1.54, 1.807) is 0 Å². The van der Waals surface area contributed by atoms with Crippen molar-refractivity contribution in [3.63, 3.8) is 0 Å². The Bertz CT molecular complexity index is 103. The van der Waals surface area contributed by atoms with Crippen LogP contribution in [0.5, 0.6) is 0 Å². The molecule has 0 radical (unpaired) electrons. The Hall–Kier alpha value is -0.550. The van der Waals surface area contributed by atoms with Gasteiger partial charge in [0.25, 0.3) is 0 Å². The number of hydrogen-bond donors (Lipinski definition) is 0. The van der Waals surface area contributed by atoms with Crippen LogP contribution in [0.3, 0.4) is 0 Å². The highest BCUT2D eigenvalue weighted by Gasteiger charge is 1.99. The first-order valence-corrected chi connectivity index (χ1v) is 4.25. The molecule has 0 aliphatic rings. The molecule has 0 aliphatic carbocycles. The second kappa shape index (κ2) is 9.45. The molecule has 0 unspecified atom stereocenters. The molecule has 0 aromatic heterocycles. The van der Waals surface area contributed by atoms with Crippen molar-refractivity contribution in [2.24, 2.45) is 0 Å². The first-order valence-electron chi connectivity index (χ1n) is 4.25. The van der Waals surface area contributed by atoms with Crippen LogP contribution in [0.2, 0.25) is 0 Å². The van der Waals surface area contributed by atoms with Gasteiger partial charge in [-0.05, 0) is 20.9 Å². The van der Waals surface area contributed by atoms with Crippen LogP contribution in [-0.2, 0) is 0 Å². The van der Waals surface area contributed by atoms with Crippen LogP contribution in [0, 0.1) is 11.3 Å². The van der Waals surface area contributed by atoms with Gasteiger partial charge >= 0.3 is 0 Å². The van der Waals surface area contributed by atoms with Crippen LogP contribution < -0.4 is 0 Å². The highest BCUT2D eigenvalue weighted by molar-refractivity contribution is 4.71. The van der Waals surface area contributed by atoms with Gasteiger partial charge in [-0.25, -0.2) is 0 Å². The standard InChI is InChI=1S/C7H14N2.C2H6/c1-7(2)9(3)6-4-5-8;1-2/h7H,4,6H2,1-3H3;1-2H3. The van der Waals surface area contributed by atoms with Crippen LogP contribution >= 0.6 is 0 Å². The van der Waals surface area contributed by atoms with Crippen molar-refractivity contribution in [1.29, 1.82) is 5.26 Å². The van der Waals surface area contributed by atoms with E-state index in [0.29, 0.717) is 12.5 Å². The van der Waals surface area contributed by atoms with Gasteiger partial charge in [-0.1, -0.05) is 13.8 Å². The largest absolute Gasteiger partial charge is 0.303 e. The zero-order valence-corrected chi connectivity index (χ0v) is 8.39. The normalized spacial score (nSPS) is 8.91. The smallest absolute Gasteiger partial charge is 0.0635 e. The molecule has 0 aromatic rings. The Morgan fingerprint density at radius 2 is 1.82 bits per heavy atom. The van der Waals surface area contributed by atoms with Crippen molar-refractivity contribution in [2.75, 3.05) is 13.6 Å². The number of rotatable bonds is 3. The summed E-state index contributed by atoms with van der Waals surface area (Å²) in [6, 6.07) is 2.67. The van der Waals surface area contributed by atoms with Crippen LogP contribution in [0.1, 0.15) is 34.1 Å². The van der Waals surface area contributed by atoms with E-state index in [4.69, 9.17) is 5.26 Å². The second-order valence-corrected chi connectivity index (χ2v) is 2.48. The predicted molar refractivity (Wildman–Crippen MR) is 49.3 cm³/mol. The summed E-state index contributed by atoms with van der Waals surface area (Å²) >= 11 is 0. The fourth-order valence-electron chi connectivity index (χ4n) is 0.485. The first kappa shape index (κ1) is 13.1. The third-order valence-electron chi connectivity index (χ3n) is 1.46. The zero-order chi connectivity index (χ0) is 9.28. The highest BCUT2D eigenvalue weighted by Crippen LogP contribution is 1.93. The Morgan fingerprint density at radius 3 is 2.09 bits per heavy atom. The first-order chi connectivity index (χ1) is 5.18. The third-order valence-corrected chi connectivity index (χ3v) is 1.46. The third kappa shape index (κ3) is 9.45. The SMILES string of the molecule is CC.CC(C)N(C)CCC#N. The van der Waals surface area contributed by atoms with E-state index < -0.39 is 0 Å². The van der Waals surface area contributed by atoms with E-state index in [2.05, 4.69) is 24.8 Å². The van der Waals surface area contributed by atoms with E-state index >= 15 is 0 Å². The zero-order valence-electron chi connectivity index (χ0n) is 8.39. The van der Waals surface area contributed by atoms with Gasteiger partial charge < -0.3 is 4.90 Å². The van der Waals surface area contributed by atoms with E-state index in [0.717, 1.165) is 6.54 Å². The quantitative estimate of drug-likeness (QED) is 0.626. The number of nitriles is 1. The lowest BCUT2D eigenvalue weighted by atomic mass is 10.3. The van der Waals surface area contributed by atoms with Crippen LogP contribution in [0.15, 0.2) is 0 Å². The molecule has 0 rings (SSSR count). The molecule has 0 fully saturated rings. The summed E-state index contributed by atoms with van der Waals surface area (Å²) in [5.41, 5.74) is 0. The number of hydrogen-bond acceptors (Lipinski definition) is 2. The molecular weight excluding hydrogens is 136 g/mol. The van der Waals surface area contributed by atoms with Gasteiger partial charge in [0.1, 0.15) is 0 Å². The van der Waals surface area contributed by atoms with Crippen molar-refractivity contribution >= 4 is 0 Å². The molecule has 2 nitrogen and oxygen atoms in total. The second-order valence-electron chi connectivity index (χ2n) is 2.48. The molecule has 0 aliphatic heterocycles. The van der Waals surface area contributed by atoms with Crippen molar-refractivity contribution < 1.29 is 0 Å². The van der Waals surface area contributed by atoms with Gasteiger partial charge in [0.15, 0.2) is 0 Å². The van der Waals surface area contributed by atoms with Gasteiger partial charge in [-0.3, -0.25) is 0 Å². The molecule has 0 aromatic carbocycles. The van der Waals surface area contributed by atoms with Gasteiger partial charge in [0.2, 0.25) is 0 Å². The Balaban J connectivity index is 0. The van der Waals surface area contributed by atoms with E-state index in [9.17, 15) is 0 Å². The van der Waals surface area contributed by atoms with Crippen molar-refractivity contribution in [2.45, 2.75) is 40.2 Å². The minimum absolute atomic E-state index is 0.554. The summed E-state index contributed by atoms with van der Waals surface area (Å²) in [5.74, 6) is 0. The molecule has 0 spiro atoms. The summed E-state index contributed by atoms with van der Waals surface area (Å²) in [6.07, 6.45) is 0.634. The summed E-state index contributed by atoms with van der Waals surface area (Å²) in [7, 11) is 2.03. The van der Waals surface area contributed by atoms with Crippen LogP contribution in [0.25, 0.3) is 0 Å². The fraction of sp³-hybridized carbons (Fsp3) is 0.889. The lowest BCUT2D eigenvalue weighted by Crippen LogP contribution is -2.26. The Kier molecular flexibility index (Phi) is 11.2. The minimum Gasteiger partial charge on any atom is -0.303 e. The monoisotopic (exact) mass is 156 g/mol. The summed E-state index contributed by atoms with van der Waals surface area (Å²) in [6.45, 7) is 9.13. The maximum atomic E-state index is 8.22. The summed E-state index contributed by atoms with van der Waals surface area (Å²) in [5, 5.41) is 8.22. The predicted octanol–water partition coefficient (Wildman–Crippen LogP) is 2.27.